The van der Waals surface area contributed by atoms with Crippen LogP contribution in [0.5, 0.6) is 0 Å². The summed E-state index contributed by atoms with van der Waals surface area (Å²) in [5.41, 5.74) is 0.382. The zero-order chi connectivity index (χ0) is 9.42. The first-order valence-corrected chi connectivity index (χ1v) is 5.00. The summed E-state index contributed by atoms with van der Waals surface area (Å²) in [4.78, 5) is 0. The van der Waals surface area contributed by atoms with Gasteiger partial charge in [-0.2, -0.15) is 4.39 Å². The van der Waals surface area contributed by atoms with Gasteiger partial charge in [-0.15, -0.1) is 22.9 Å². The molecular formula is C9H5ClF2S. The second-order valence-electron chi connectivity index (χ2n) is 2.63. The molecule has 0 amide bonds. The van der Waals surface area contributed by atoms with E-state index in [1.165, 1.54) is 12.1 Å². The van der Waals surface area contributed by atoms with Crippen molar-refractivity contribution in [2.75, 3.05) is 0 Å². The number of hydrogen-bond donors (Lipinski definition) is 0. The van der Waals surface area contributed by atoms with E-state index >= 15 is 0 Å². The maximum absolute atomic E-state index is 13.1. The van der Waals surface area contributed by atoms with Crippen molar-refractivity contribution in [2.24, 2.45) is 0 Å². The van der Waals surface area contributed by atoms with Crippen LogP contribution in [0.1, 0.15) is 5.56 Å². The van der Waals surface area contributed by atoms with Gasteiger partial charge in [0.2, 0.25) is 0 Å². The number of rotatable bonds is 1. The molecule has 2 rings (SSSR count). The van der Waals surface area contributed by atoms with Gasteiger partial charge in [0, 0.05) is 10.3 Å². The van der Waals surface area contributed by atoms with E-state index in [1.807, 2.05) is 0 Å². The Hall–Kier alpha value is -0.670. The molecule has 1 heterocycles. The first-order chi connectivity index (χ1) is 6.22. The van der Waals surface area contributed by atoms with E-state index in [4.69, 9.17) is 11.6 Å². The van der Waals surface area contributed by atoms with E-state index in [9.17, 15) is 8.78 Å². The van der Waals surface area contributed by atoms with Crippen molar-refractivity contribution in [3.8, 4) is 0 Å². The zero-order valence-corrected chi connectivity index (χ0v) is 8.05. The third kappa shape index (κ3) is 1.42. The normalized spacial score (nSPS) is 11.0. The van der Waals surface area contributed by atoms with Crippen LogP contribution in [0.3, 0.4) is 0 Å². The molecule has 0 radical (unpaired) electrons. The Labute approximate surface area is 82.8 Å². The molecule has 0 saturated heterocycles. The molecule has 0 aliphatic rings. The number of hydrogen-bond acceptors (Lipinski definition) is 1. The number of fused-ring (bicyclic) bond motifs is 1. The largest absolute Gasteiger partial charge is 0.207 e. The molecule has 0 aliphatic carbocycles. The molecule has 1 aromatic heterocycles. The molecule has 68 valence electrons. The van der Waals surface area contributed by atoms with Crippen LogP contribution in [-0.4, -0.2) is 0 Å². The average molecular weight is 219 g/mol. The molecule has 0 N–H and O–H groups in total. The van der Waals surface area contributed by atoms with E-state index in [2.05, 4.69) is 0 Å². The monoisotopic (exact) mass is 218 g/mol. The Bertz CT molecular complexity index is 450. The van der Waals surface area contributed by atoms with E-state index in [-0.39, 0.29) is 16.8 Å². The highest BCUT2D eigenvalue weighted by Gasteiger charge is 2.09. The molecule has 0 atom stereocenters. The number of halogens is 3. The highest BCUT2D eigenvalue weighted by molar-refractivity contribution is 7.17. The Balaban J connectivity index is 2.82. The highest BCUT2D eigenvalue weighted by Crippen LogP contribution is 2.30. The van der Waals surface area contributed by atoms with Gasteiger partial charge >= 0.3 is 0 Å². The average Bonchev–Trinajstić information content (AvgIpc) is 2.45. The summed E-state index contributed by atoms with van der Waals surface area (Å²) >= 11 is 6.49. The molecule has 2 aromatic rings. The van der Waals surface area contributed by atoms with Crippen LogP contribution in [0.25, 0.3) is 10.1 Å². The van der Waals surface area contributed by atoms with Gasteiger partial charge in [-0.3, -0.25) is 0 Å². The van der Waals surface area contributed by atoms with Crippen molar-refractivity contribution >= 4 is 33.0 Å². The van der Waals surface area contributed by atoms with Gasteiger partial charge in [0.25, 0.3) is 0 Å². The SMILES string of the molecule is Fc1cc2ccc(F)c(CCl)c2s1. The number of benzene rings is 1. The first kappa shape index (κ1) is 8.91. The molecule has 13 heavy (non-hydrogen) atoms. The quantitative estimate of drug-likeness (QED) is 0.637. The van der Waals surface area contributed by atoms with E-state index in [0.29, 0.717) is 15.6 Å². The van der Waals surface area contributed by atoms with Crippen LogP contribution in [0.15, 0.2) is 18.2 Å². The first-order valence-electron chi connectivity index (χ1n) is 3.65. The Morgan fingerprint density at radius 2 is 2.08 bits per heavy atom. The maximum Gasteiger partial charge on any atom is 0.177 e. The minimum absolute atomic E-state index is 0.0725. The lowest BCUT2D eigenvalue weighted by molar-refractivity contribution is 0.620. The summed E-state index contributed by atoms with van der Waals surface area (Å²) in [6.07, 6.45) is 0. The lowest BCUT2D eigenvalue weighted by Crippen LogP contribution is -1.84. The van der Waals surface area contributed by atoms with Gasteiger partial charge in [-0.25, -0.2) is 4.39 Å². The summed E-state index contributed by atoms with van der Waals surface area (Å²) < 4.78 is 26.6. The van der Waals surface area contributed by atoms with Crippen LogP contribution in [0.2, 0.25) is 0 Å². The summed E-state index contributed by atoms with van der Waals surface area (Å²) in [6, 6.07) is 4.25. The topological polar surface area (TPSA) is 0 Å². The van der Waals surface area contributed by atoms with E-state index in [1.54, 1.807) is 6.07 Å². The standard InChI is InChI=1S/C9H5ClF2S/c10-4-6-7(11)2-1-5-3-8(12)13-9(5)6/h1-3H,4H2. The van der Waals surface area contributed by atoms with Crippen molar-refractivity contribution in [1.82, 2.24) is 0 Å². The fraction of sp³-hybridized carbons (Fsp3) is 0.111. The highest BCUT2D eigenvalue weighted by atomic mass is 35.5. The smallest absolute Gasteiger partial charge is 0.177 e. The maximum atomic E-state index is 13.1. The lowest BCUT2D eigenvalue weighted by atomic mass is 10.2. The number of thiophene rings is 1. The molecule has 0 bridgehead atoms. The van der Waals surface area contributed by atoms with Gasteiger partial charge in [0.15, 0.2) is 5.13 Å². The third-order valence-corrected chi connectivity index (χ3v) is 3.10. The predicted molar refractivity (Wildman–Crippen MR) is 51.3 cm³/mol. The van der Waals surface area contributed by atoms with Crippen molar-refractivity contribution in [3.63, 3.8) is 0 Å². The molecule has 0 aliphatic heterocycles. The second-order valence-corrected chi connectivity index (χ2v) is 3.90. The summed E-state index contributed by atoms with van der Waals surface area (Å²) in [6.45, 7) is 0. The van der Waals surface area contributed by atoms with Crippen LogP contribution in [0.4, 0.5) is 8.78 Å². The Kier molecular flexibility index (Phi) is 2.22. The fourth-order valence-electron chi connectivity index (χ4n) is 1.23. The van der Waals surface area contributed by atoms with Crippen molar-refractivity contribution in [2.45, 2.75) is 5.88 Å². The predicted octanol–water partition coefficient (Wildman–Crippen LogP) is 3.92. The minimum atomic E-state index is -0.371. The van der Waals surface area contributed by atoms with Gasteiger partial charge in [-0.05, 0) is 17.5 Å². The van der Waals surface area contributed by atoms with Gasteiger partial charge < -0.3 is 0 Å². The second kappa shape index (κ2) is 3.24. The Morgan fingerprint density at radius 1 is 1.31 bits per heavy atom. The van der Waals surface area contributed by atoms with Crippen molar-refractivity contribution in [3.05, 3.63) is 34.7 Å². The summed E-state index contributed by atoms with van der Waals surface area (Å²) in [5, 5.41) is 0.395. The molecule has 0 saturated carbocycles. The molecule has 0 nitrogen and oxygen atoms in total. The van der Waals surface area contributed by atoms with E-state index in [0.717, 1.165) is 11.3 Å². The van der Waals surface area contributed by atoms with Crippen molar-refractivity contribution < 1.29 is 8.78 Å². The van der Waals surface area contributed by atoms with Crippen LogP contribution in [0, 0.1) is 10.9 Å². The zero-order valence-electron chi connectivity index (χ0n) is 6.48. The summed E-state index contributed by atoms with van der Waals surface area (Å²) in [7, 11) is 0. The van der Waals surface area contributed by atoms with Gasteiger partial charge in [0.05, 0.1) is 5.88 Å². The molecular weight excluding hydrogens is 214 g/mol. The molecule has 4 heteroatoms. The van der Waals surface area contributed by atoms with Crippen LogP contribution < -0.4 is 0 Å². The molecule has 0 spiro atoms. The fourth-order valence-corrected chi connectivity index (χ4v) is 2.49. The molecule has 1 aromatic carbocycles. The third-order valence-electron chi connectivity index (χ3n) is 1.84. The lowest BCUT2D eigenvalue weighted by Gasteiger charge is -1.98. The molecule has 0 fully saturated rings. The summed E-state index contributed by atoms with van der Waals surface area (Å²) in [5.74, 6) is -0.298. The number of alkyl halides is 1. The van der Waals surface area contributed by atoms with Gasteiger partial charge in [-0.1, -0.05) is 6.07 Å². The minimum Gasteiger partial charge on any atom is -0.207 e. The van der Waals surface area contributed by atoms with Crippen LogP contribution in [-0.2, 0) is 5.88 Å². The Morgan fingerprint density at radius 3 is 2.77 bits per heavy atom. The van der Waals surface area contributed by atoms with Crippen LogP contribution >= 0.6 is 22.9 Å². The molecule has 0 unspecified atom stereocenters. The van der Waals surface area contributed by atoms with E-state index < -0.39 is 0 Å². The van der Waals surface area contributed by atoms with Crippen molar-refractivity contribution in [1.29, 1.82) is 0 Å². The van der Waals surface area contributed by atoms with Gasteiger partial charge in [0.1, 0.15) is 5.82 Å².